The Morgan fingerprint density at radius 2 is 1.14 bits per heavy atom. The molecule has 0 aliphatic heterocycles. The molecular formula is C4H12OP2. The summed E-state index contributed by atoms with van der Waals surface area (Å²) >= 11 is 0. The van der Waals surface area contributed by atoms with Crippen molar-refractivity contribution in [3.8, 4) is 0 Å². The lowest BCUT2D eigenvalue weighted by atomic mass is 11.9. The minimum absolute atomic E-state index is 0.111. The molecule has 0 radical (unpaired) electrons. The first-order valence-corrected chi connectivity index (χ1v) is 6.46. The fourth-order valence-corrected chi connectivity index (χ4v) is 2.94. The lowest BCUT2D eigenvalue weighted by molar-refractivity contribution is 0.704. The molecule has 0 aromatic heterocycles. The number of hydrogen-bond acceptors (Lipinski definition) is 1. The molecule has 0 bridgehead atoms. The summed E-state index contributed by atoms with van der Waals surface area (Å²) < 4.78 is 5.38. The zero-order valence-corrected chi connectivity index (χ0v) is 7.09. The van der Waals surface area contributed by atoms with Crippen LogP contribution in [0.2, 0.25) is 0 Å². The smallest absolute Gasteiger partial charge is 0.0276 e. The maximum Gasteiger partial charge on any atom is 0.0276 e. The Kier molecular flexibility index (Phi) is 4.22. The van der Waals surface area contributed by atoms with E-state index in [-0.39, 0.29) is 16.3 Å². The first-order chi connectivity index (χ1) is 3.13. The third-order valence-corrected chi connectivity index (χ3v) is 2.94. The van der Waals surface area contributed by atoms with Crippen LogP contribution in [0.4, 0.5) is 0 Å². The third-order valence-electron chi connectivity index (χ3n) is 0.327. The normalized spacial score (nSPS) is 11.1. The van der Waals surface area contributed by atoms with Crippen LogP contribution in [-0.4, -0.2) is 26.7 Å². The molecule has 0 aromatic rings. The zero-order chi connectivity index (χ0) is 5.86. The van der Waals surface area contributed by atoms with Gasteiger partial charge in [-0.25, -0.2) is 0 Å². The standard InChI is InChI=1S/C4H12OP2/c1-6(2)5-7(3)4/h1-4H3. The summed E-state index contributed by atoms with van der Waals surface area (Å²) in [5.74, 6) is 0. The van der Waals surface area contributed by atoms with Gasteiger partial charge in [0, 0.05) is 16.3 Å². The highest BCUT2D eigenvalue weighted by Gasteiger charge is 1.94. The molecule has 0 heterocycles. The van der Waals surface area contributed by atoms with Crippen molar-refractivity contribution in [3.63, 3.8) is 0 Å². The van der Waals surface area contributed by atoms with Crippen LogP contribution in [0.5, 0.6) is 0 Å². The predicted octanol–water partition coefficient (Wildman–Crippen LogP) is 2.32. The summed E-state index contributed by atoms with van der Waals surface area (Å²) in [5, 5.41) is 0. The van der Waals surface area contributed by atoms with Crippen LogP contribution in [0.25, 0.3) is 0 Å². The molecule has 0 fully saturated rings. The molecule has 7 heavy (non-hydrogen) atoms. The fourth-order valence-electron chi connectivity index (χ4n) is 0.327. The Labute approximate surface area is 48.1 Å². The van der Waals surface area contributed by atoms with Crippen molar-refractivity contribution in [2.24, 2.45) is 0 Å². The molecule has 1 nitrogen and oxygen atoms in total. The van der Waals surface area contributed by atoms with Crippen LogP contribution < -0.4 is 0 Å². The third kappa shape index (κ3) is 6.82. The van der Waals surface area contributed by atoms with Gasteiger partial charge in [-0.05, 0) is 26.7 Å². The van der Waals surface area contributed by atoms with Crippen LogP contribution in [0.3, 0.4) is 0 Å². The SMILES string of the molecule is CP(C)OP(C)C. The summed E-state index contributed by atoms with van der Waals surface area (Å²) in [6.45, 7) is 8.49. The summed E-state index contributed by atoms with van der Waals surface area (Å²) in [6, 6.07) is 0. The summed E-state index contributed by atoms with van der Waals surface area (Å²) in [5.41, 5.74) is 0. The van der Waals surface area contributed by atoms with E-state index in [0.29, 0.717) is 0 Å². The van der Waals surface area contributed by atoms with Gasteiger partial charge in [0.2, 0.25) is 0 Å². The first-order valence-electron chi connectivity index (χ1n) is 2.15. The Morgan fingerprint density at radius 1 is 0.857 bits per heavy atom. The first kappa shape index (κ1) is 7.82. The van der Waals surface area contributed by atoms with E-state index in [1.54, 1.807) is 0 Å². The van der Waals surface area contributed by atoms with Crippen LogP contribution in [0.1, 0.15) is 0 Å². The van der Waals surface area contributed by atoms with Crippen molar-refractivity contribution < 1.29 is 4.31 Å². The Bertz CT molecular complexity index is 39.0. The highest BCUT2D eigenvalue weighted by atomic mass is 31.2. The van der Waals surface area contributed by atoms with Gasteiger partial charge in [0.05, 0.1) is 0 Å². The van der Waals surface area contributed by atoms with Crippen LogP contribution >= 0.6 is 16.3 Å². The molecule has 0 unspecified atom stereocenters. The second-order valence-corrected chi connectivity index (χ2v) is 5.61. The molecule has 0 aliphatic carbocycles. The van der Waals surface area contributed by atoms with Gasteiger partial charge in [0.25, 0.3) is 0 Å². The lowest BCUT2D eigenvalue weighted by Crippen LogP contribution is -1.70. The van der Waals surface area contributed by atoms with E-state index in [2.05, 4.69) is 26.7 Å². The van der Waals surface area contributed by atoms with Crippen molar-refractivity contribution in [2.45, 2.75) is 0 Å². The summed E-state index contributed by atoms with van der Waals surface area (Å²) in [4.78, 5) is 0. The molecule has 0 aliphatic rings. The fraction of sp³-hybridized carbons (Fsp3) is 1.00. The minimum atomic E-state index is -0.111. The van der Waals surface area contributed by atoms with Crippen molar-refractivity contribution in [1.82, 2.24) is 0 Å². The van der Waals surface area contributed by atoms with Crippen molar-refractivity contribution in [1.29, 1.82) is 0 Å². The second kappa shape index (κ2) is 3.78. The van der Waals surface area contributed by atoms with Crippen LogP contribution in [-0.2, 0) is 4.31 Å². The maximum absolute atomic E-state index is 5.38. The molecule has 0 N–H and O–H groups in total. The molecule has 44 valence electrons. The maximum atomic E-state index is 5.38. The van der Waals surface area contributed by atoms with E-state index in [0.717, 1.165) is 0 Å². The molecule has 0 spiro atoms. The molecule has 0 amide bonds. The average Bonchev–Trinajstić information content (AvgIpc) is 1.27. The summed E-state index contributed by atoms with van der Waals surface area (Å²) in [6.07, 6.45) is 0. The van der Waals surface area contributed by atoms with Gasteiger partial charge in [-0.3, -0.25) is 0 Å². The van der Waals surface area contributed by atoms with Crippen molar-refractivity contribution >= 4 is 16.3 Å². The average molecular weight is 138 g/mol. The van der Waals surface area contributed by atoms with E-state index in [1.165, 1.54) is 0 Å². The summed E-state index contributed by atoms with van der Waals surface area (Å²) in [7, 11) is -0.222. The predicted molar refractivity (Wildman–Crippen MR) is 38.6 cm³/mol. The van der Waals surface area contributed by atoms with E-state index in [1.807, 2.05) is 0 Å². The van der Waals surface area contributed by atoms with Crippen LogP contribution in [0, 0.1) is 0 Å². The van der Waals surface area contributed by atoms with E-state index >= 15 is 0 Å². The van der Waals surface area contributed by atoms with Gasteiger partial charge in [-0.2, -0.15) is 0 Å². The quantitative estimate of drug-likeness (QED) is 0.532. The van der Waals surface area contributed by atoms with Gasteiger partial charge < -0.3 is 4.31 Å². The van der Waals surface area contributed by atoms with Crippen LogP contribution in [0.15, 0.2) is 0 Å². The molecule has 0 atom stereocenters. The molecule has 3 heteroatoms. The Hall–Kier alpha value is 0.820. The van der Waals surface area contributed by atoms with Gasteiger partial charge in [0.15, 0.2) is 0 Å². The molecule has 0 saturated heterocycles. The van der Waals surface area contributed by atoms with E-state index in [9.17, 15) is 0 Å². The Balaban J connectivity index is 2.95. The molecule has 0 rings (SSSR count). The largest absolute Gasteiger partial charge is 0.339 e. The number of rotatable bonds is 2. The van der Waals surface area contributed by atoms with Crippen molar-refractivity contribution in [2.75, 3.05) is 26.7 Å². The van der Waals surface area contributed by atoms with E-state index in [4.69, 9.17) is 4.31 Å². The van der Waals surface area contributed by atoms with Gasteiger partial charge in [0.1, 0.15) is 0 Å². The highest BCUT2D eigenvalue weighted by Crippen LogP contribution is 2.43. The van der Waals surface area contributed by atoms with E-state index < -0.39 is 0 Å². The van der Waals surface area contributed by atoms with Gasteiger partial charge in [-0.15, -0.1) is 0 Å². The second-order valence-electron chi connectivity index (χ2n) is 1.71. The monoisotopic (exact) mass is 138 g/mol. The molecular weight excluding hydrogens is 126 g/mol. The van der Waals surface area contributed by atoms with Crippen molar-refractivity contribution in [3.05, 3.63) is 0 Å². The topological polar surface area (TPSA) is 9.23 Å². The van der Waals surface area contributed by atoms with Gasteiger partial charge >= 0.3 is 0 Å². The highest BCUT2D eigenvalue weighted by molar-refractivity contribution is 7.64. The lowest BCUT2D eigenvalue weighted by Gasteiger charge is -2.08. The number of hydrogen-bond donors (Lipinski definition) is 0. The van der Waals surface area contributed by atoms with Gasteiger partial charge in [-0.1, -0.05) is 0 Å². The zero-order valence-electron chi connectivity index (χ0n) is 5.30. The molecule has 0 saturated carbocycles. The Morgan fingerprint density at radius 3 is 1.14 bits per heavy atom. The minimum Gasteiger partial charge on any atom is -0.339 e. The molecule has 0 aromatic carbocycles.